The Labute approximate surface area is 259 Å². The summed E-state index contributed by atoms with van der Waals surface area (Å²) < 4.78 is 2.18. The number of hydrogen-bond acceptors (Lipinski definition) is 5. The number of hydrogen-bond donors (Lipinski definition) is 3. The van der Waals surface area contributed by atoms with E-state index in [1.807, 2.05) is 12.4 Å². The first-order chi connectivity index (χ1) is 20.9. The minimum absolute atomic E-state index is 0.0676. The maximum absolute atomic E-state index is 8.78. The van der Waals surface area contributed by atoms with Gasteiger partial charge in [0.05, 0.1) is 23.6 Å². The topological polar surface area (TPSA) is 123 Å². The molecule has 2 unspecified atom stereocenters. The van der Waals surface area contributed by atoms with Crippen molar-refractivity contribution in [3.8, 4) is 0 Å². The van der Waals surface area contributed by atoms with Crippen molar-refractivity contribution in [3.63, 3.8) is 0 Å². The number of anilines is 1. The predicted octanol–water partition coefficient (Wildman–Crippen LogP) is 6.63. The zero-order valence-corrected chi connectivity index (χ0v) is 25.9. The fourth-order valence-electron chi connectivity index (χ4n) is 6.49. The van der Waals surface area contributed by atoms with Crippen molar-refractivity contribution >= 4 is 22.8 Å². The van der Waals surface area contributed by atoms with Gasteiger partial charge in [0.2, 0.25) is 0 Å². The van der Waals surface area contributed by atoms with Gasteiger partial charge in [-0.15, -0.1) is 0 Å². The van der Waals surface area contributed by atoms with E-state index in [9.17, 15) is 0 Å². The molecule has 8 nitrogen and oxygen atoms in total. The van der Waals surface area contributed by atoms with E-state index in [-0.39, 0.29) is 11.0 Å². The Morgan fingerprint density at radius 2 is 1.36 bits per heavy atom. The number of fused-ring (bicyclic) bond motifs is 1. The zero-order chi connectivity index (χ0) is 31.5. The molecule has 1 aliphatic rings. The number of aromatic nitrogens is 3. The molecule has 44 heavy (non-hydrogen) atoms. The molecular weight excluding hydrogens is 548 g/mol. The lowest BCUT2D eigenvalue weighted by molar-refractivity contribution is 0.204. The van der Waals surface area contributed by atoms with E-state index in [4.69, 9.17) is 25.7 Å². The normalized spacial score (nSPS) is 18.8. The Morgan fingerprint density at radius 1 is 0.886 bits per heavy atom. The van der Waals surface area contributed by atoms with Crippen LogP contribution in [0.2, 0.25) is 0 Å². The Bertz CT molecular complexity index is 1590. The Kier molecular flexibility index (Phi) is 8.48. The molecule has 0 aliphatic carbocycles. The monoisotopic (exact) mass is 590 g/mol. The van der Waals surface area contributed by atoms with Crippen LogP contribution in [0, 0.1) is 5.41 Å². The van der Waals surface area contributed by atoms with Gasteiger partial charge in [-0.05, 0) is 47.9 Å². The van der Waals surface area contributed by atoms with Gasteiger partial charge in [-0.25, -0.2) is 9.48 Å². The van der Waals surface area contributed by atoms with Gasteiger partial charge in [-0.3, -0.25) is 4.98 Å². The third kappa shape index (κ3) is 6.03. The summed E-state index contributed by atoms with van der Waals surface area (Å²) >= 11 is 0. The van der Waals surface area contributed by atoms with Gasteiger partial charge in [0, 0.05) is 18.1 Å². The summed E-state index contributed by atoms with van der Waals surface area (Å²) in [6.07, 6.45) is 4.47. The van der Waals surface area contributed by atoms with E-state index < -0.39 is 11.6 Å². The molecule has 228 valence electrons. The highest BCUT2D eigenvalue weighted by Crippen LogP contribution is 2.43. The molecule has 1 fully saturated rings. The minimum Gasteiger partial charge on any atom is -0.465 e. The summed E-state index contributed by atoms with van der Waals surface area (Å²) in [5.74, 6) is 0. The minimum atomic E-state index is -1.33. The second-order valence-corrected chi connectivity index (χ2v) is 13.0. The van der Waals surface area contributed by atoms with E-state index in [0.29, 0.717) is 6.04 Å². The predicted molar refractivity (Wildman–Crippen MR) is 177 cm³/mol. The van der Waals surface area contributed by atoms with Crippen LogP contribution in [-0.4, -0.2) is 44.1 Å². The highest BCUT2D eigenvalue weighted by Gasteiger charge is 2.42. The molecule has 1 saturated heterocycles. The molecule has 0 radical (unpaired) electrons. The molecule has 0 spiro atoms. The van der Waals surface area contributed by atoms with Gasteiger partial charge >= 0.3 is 6.09 Å². The molecule has 3 aromatic carbocycles. The molecule has 2 aromatic heterocycles. The number of amides is 1. The summed E-state index contributed by atoms with van der Waals surface area (Å²) in [6.45, 7) is 10.0. The molecule has 1 aliphatic heterocycles. The Balaban J connectivity index is 0.000000906. The van der Waals surface area contributed by atoms with Crippen molar-refractivity contribution in [1.29, 1.82) is 0 Å². The van der Waals surface area contributed by atoms with Crippen molar-refractivity contribution in [2.45, 2.75) is 57.7 Å². The first-order valence-corrected chi connectivity index (χ1v) is 15.0. The number of carbonyl (C=O) groups is 1. The summed E-state index contributed by atoms with van der Waals surface area (Å²) in [5, 5.41) is 12.3. The Hall–Kier alpha value is -4.69. The highest BCUT2D eigenvalue weighted by molar-refractivity contribution is 5.79. The fourth-order valence-corrected chi connectivity index (χ4v) is 6.49. The number of nitrogens with two attached hydrogens (primary N) is 2. The molecule has 5 N–H and O–H groups in total. The van der Waals surface area contributed by atoms with Crippen LogP contribution in [0.1, 0.15) is 57.2 Å². The molecule has 2 atom stereocenters. The summed E-state index contributed by atoms with van der Waals surface area (Å²) in [6, 6.07) is 34.7. The van der Waals surface area contributed by atoms with Crippen molar-refractivity contribution in [1.82, 2.24) is 14.8 Å². The van der Waals surface area contributed by atoms with Crippen LogP contribution in [0.25, 0.3) is 11.0 Å². The maximum atomic E-state index is 8.78. The van der Waals surface area contributed by atoms with E-state index in [2.05, 4.69) is 140 Å². The van der Waals surface area contributed by atoms with E-state index in [0.717, 1.165) is 52.8 Å². The van der Waals surface area contributed by atoms with Crippen LogP contribution in [-0.2, 0) is 5.54 Å². The quantitative estimate of drug-likeness (QED) is 0.198. The number of nitrogens with zero attached hydrogens (tertiary/aromatic N) is 4. The van der Waals surface area contributed by atoms with E-state index in [1.165, 1.54) is 0 Å². The largest absolute Gasteiger partial charge is 0.465 e. The average molecular weight is 591 g/mol. The SMILES string of the molecule is CC1(N)CCN(c2cnc3cnn(C(c4ccccc4)(c4ccccc4)c4ccccc4)c3c2)C(C(C)(C)C)C1.NC(=O)O. The van der Waals surface area contributed by atoms with E-state index >= 15 is 0 Å². The zero-order valence-electron chi connectivity index (χ0n) is 25.9. The van der Waals surface area contributed by atoms with Gasteiger partial charge in [-0.2, -0.15) is 5.10 Å². The van der Waals surface area contributed by atoms with Crippen LogP contribution in [0.3, 0.4) is 0 Å². The number of piperidine rings is 1. The van der Waals surface area contributed by atoms with Crippen LogP contribution in [0.5, 0.6) is 0 Å². The third-order valence-electron chi connectivity index (χ3n) is 8.59. The first kappa shape index (κ1) is 30.8. The van der Waals surface area contributed by atoms with Crippen molar-refractivity contribution in [3.05, 3.63) is 126 Å². The number of benzene rings is 3. The molecular formula is C36H42N6O2. The maximum Gasteiger partial charge on any atom is 0.402 e. The standard InChI is InChI=1S/C35H39N5.CH3NO2/c1-33(2,3)32-23-34(4,36)20-21-39(32)29-22-31-30(37-24-29)25-38-40(31)35(26-14-8-5-9-15-26,27-16-10-6-11-17-27)28-18-12-7-13-19-28;2-1(3)4/h5-19,22,24-25,32H,20-21,23,36H2,1-4H3;2H2,(H,3,4). The van der Waals surface area contributed by atoms with Crippen LogP contribution in [0.4, 0.5) is 10.5 Å². The van der Waals surface area contributed by atoms with Crippen LogP contribution >= 0.6 is 0 Å². The molecule has 0 bridgehead atoms. The van der Waals surface area contributed by atoms with Gasteiger partial charge in [-0.1, -0.05) is 112 Å². The van der Waals surface area contributed by atoms with Crippen molar-refractivity contribution in [2.75, 3.05) is 11.4 Å². The van der Waals surface area contributed by atoms with Crippen molar-refractivity contribution < 1.29 is 9.90 Å². The van der Waals surface area contributed by atoms with Gasteiger partial charge < -0.3 is 21.5 Å². The second kappa shape index (κ2) is 12.1. The number of pyridine rings is 1. The molecule has 6 rings (SSSR count). The summed E-state index contributed by atoms with van der Waals surface area (Å²) in [7, 11) is 0. The molecule has 1 amide bonds. The van der Waals surface area contributed by atoms with Crippen LogP contribution in [0.15, 0.2) is 109 Å². The first-order valence-electron chi connectivity index (χ1n) is 15.0. The summed E-state index contributed by atoms with van der Waals surface area (Å²) in [4.78, 5) is 16.3. The fraction of sp³-hybridized carbons (Fsp3) is 0.306. The lowest BCUT2D eigenvalue weighted by Crippen LogP contribution is -2.57. The van der Waals surface area contributed by atoms with Gasteiger partial charge in [0.25, 0.3) is 0 Å². The smallest absolute Gasteiger partial charge is 0.402 e. The number of carboxylic acid groups (broad SMARTS) is 1. The molecule has 3 heterocycles. The molecule has 8 heteroatoms. The van der Waals surface area contributed by atoms with Crippen molar-refractivity contribution in [2.24, 2.45) is 16.9 Å². The van der Waals surface area contributed by atoms with Gasteiger partial charge in [0.15, 0.2) is 0 Å². The second-order valence-electron chi connectivity index (χ2n) is 13.0. The van der Waals surface area contributed by atoms with Crippen LogP contribution < -0.4 is 16.4 Å². The highest BCUT2D eigenvalue weighted by atomic mass is 16.4. The average Bonchev–Trinajstić information content (AvgIpc) is 3.42. The lowest BCUT2D eigenvalue weighted by atomic mass is 9.74. The van der Waals surface area contributed by atoms with E-state index in [1.54, 1.807) is 0 Å². The molecule has 5 aromatic rings. The Morgan fingerprint density at radius 3 is 1.82 bits per heavy atom. The molecule has 0 saturated carbocycles. The summed E-state index contributed by atoms with van der Waals surface area (Å²) in [5.41, 5.74) is 16.4. The van der Waals surface area contributed by atoms with Gasteiger partial charge in [0.1, 0.15) is 11.1 Å². The number of primary amides is 1. The number of rotatable bonds is 5. The third-order valence-corrected chi connectivity index (χ3v) is 8.59. The lowest BCUT2D eigenvalue weighted by Gasteiger charge is -2.50.